The van der Waals surface area contributed by atoms with E-state index in [2.05, 4.69) is 0 Å². The summed E-state index contributed by atoms with van der Waals surface area (Å²) in [5.74, 6) is -0.207. The van der Waals surface area contributed by atoms with E-state index < -0.39 is 16.0 Å². The van der Waals surface area contributed by atoms with Gasteiger partial charge in [0.1, 0.15) is 0 Å². The third-order valence-corrected chi connectivity index (χ3v) is 9.58. The fourth-order valence-electron chi connectivity index (χ4n) is 5.82. The second-order valence-corrected chi connectivity index (χ2v) is 12.1. The summed E-state index contributed by atoms with van der Waals surface area (Å²) in [6, 6.07) is 0. The van der Waals surface area contributed by atoms with Gasteiger partial charge in [-0.25, -0.2) is 0 Å². The number of hydrogen-bond donors (Lipinski definition) is 2. The molecule has 0 radical (unpaired) electrons. The molecular weight excluding hydrogens is 586 g/mol. The van der Waals surface area contributed by atoms with Crippen molar-refractivity contribution in [2.75, 3.05) is 5.73 Å². The van der Waals surface area contributed by atoms with Gasteiger partial charge >= 0.3 is 0 Å². The smallest absolute Gasteiger partial charge is 0.283 e. The summed E-state index contributed by atoms with van der Waals surface area (Å²) in [4.78, 5) is 44.1. The summed E-state index contributed by atoms with van der Waals surface area (Å²) in [5, 5.41) is 31.7. The van der Waals surface area contributed by atoms with Gasteiger partial charge in [0.25, 0.3) is 11.4 Å². The van der Waals surface area contributed by atoms with Crippen molar-refractivity contribution in [1.29, 1.82) is 0 Å². The molecule has 3 rings (SSSR count). The topological polar surface area (TPSA) is 167 Å². The first-order valence-electron chi connectivity index (χ1n) is 15.0. The van der Waals surface area contributed by atoms with Crippen LogP contribution in [0.4, 0.5) is 17.1 Å². The molecule has 0 aromatic heterocycles. The molecule has 0 aliphatic carbocycles. The molecule has 10 heteroatoms. The Balaban J connectivity index is 0.000000346. The van der Waals surface area contributed by atoms with Crippen LogP contribution in [0, 0.1) is 103 Å². The number of Topliss-reactive ketones (excluding diaryl/α,β-unsaturated/α-hetero) is 2. The number of aliphatic hydroxyl groups is 1. The lowest BCUT2D eigenvalue weighted by molar-refractivity contribution is -0.386. The number of ketones is 2. The highest BCUT2D eigenvalue weighted by molar-refractivity contribution is 6.02. The van der Waals surface area contributed by atoms with Crippen LogP contribution in [0.15, 0.2) is 0 Å². The number of carbonyl (C=O) groups excluding carboxylic acids is 2. The van der Waals surface area contributed by atoms with Crippen molar-refractivity contribution in [3.05, 3.63) is 104 Å². The second-order valence-electron chi connectivity index (χ2n) is 12.1. The predicted molar refractivity (Wildman–Crippen MR) is 185 cm³/mol. The molecule has 0 aliphatic heterocycles. The molecule has 3 aromatic carbocycles. The fourth-order valence-corrected chi connectivity index (χ4v) is 5.82. The van der Waals surface area contributed by atoms with Crippen molar-refractivity contribution in [2.24, 2.45) is 0 Å². The average Bonchev–Trinajstić information content (AvgIpc) is 2.96. The number of benzene rings is 3. The molecule has 0 amide bonds. The van der Waals surface area contributed by atoms with Gasteiger partial charge in [0, 0.05) is 22.4 Å². The van der Waals surface area contributed by atoms with Crippen LogP contribution in [0.2, 0.25) is 0 Å². The minimum absolute atomic E-state index is 0.0474. The number of nitro benzene ring substituents is 2. The van der Waals surface area contributed by atoms with Crippen LogP contribution in [0.25, 0.3) is 0 Å². The number of hydrogen-bond acceptors (Lipinski definition) is 8. The van der Waals surface area contributed by atoms with E-state index >= 15 is 0 Å². The maximum atomic E-state index is 11.5. The monoisotopic (exact) mass is 635 g/mol. The minimum atomic E-state index is -0.821. The number of anilines is 1. The Kier molecular flexibility index (Phi) is 13.1. The van der Waals surface area contributed by atoms with E-state index in [1.165, 1.54) is 18.1 Å². The standard InChI is InChI=1S/C12H17NO3.C12H15NO3.C12H17NO/c2*1-6-7(2)9(4)12(13(15)16)11(8(6)3)10(5)14;1-6-7(2)9(4)12(13)11(8(6)3)10(5)14/h10,14H,1-5H3;1-5H3;13H2,1-5H3. The van der Waals surface area contributed by atoms with Crippen LogP contribution in [0.1, 0.15) is 120 Å². The van der Waals surface area contributed by atoms with Gasteiger partial charge in [-0.2, -0.15) is 0 Å². The van der Waals surface area contributed by atoms with Crippen molar-refractivity contribution in [1.82, 2.24) is 0 Å². The highest BCUT2D eigenvalue weighted by atomic mass is 16.6. The maximum absolute atomic E-state index is 11.5. The first-order valence-corrected chi connectivity index (χ1v) is 15.0. The van der Waals surface area contributed by atoms with E-state index in [4.69, 9.17) is 5.73 Å². The molecule has 0 bridgehead atoms. The molecule has 1 atom stereocenters. The number of nitrogens with two attached hydrogens (primary N) is 1. The van der Waals surface area contributed by atoms with E-state index in [1.54, 1.807) is 34.6 Å². The molecule has 3 aromatic rings. The first-order chi connectivity index (χ1) is 20.9. The van der Waals surface area contributed by atoms with Crippen molar-refractivity contribution in [3.8, 4) is 0 Å². The largest absolute Gasteiger partial charge is 0.398 e. The third-order valence-electron chi connectivity index (χ3n) is 9.58. The Morgan fingerprint density at radius 2 is 0.848 bits per heavy atom. The molecule has 3 N–H and O–H groups in total. The van der Waals surface area contributed by atoms with Gasteiger partial charge in [-0.15, -0.1) is 0 Å². The summed E-state index contributed by atoms with van der Waals surface area (Å²) in [6.45, 7) is 27.0. The fraction of sp³-hybridized carbons (Fsp3) is 0.444. The molecule has 0 saturated heterocycles. The Labute approximate surface area is 272 Å². The van der Waals surface area contributed by atoms with E-state index in [-0.39, 0.29) is 28.5 Å². The quantitative estimate of drug-likeness (QED) is 0.122. The zero-order valence-corrected chi connectivity index (χ0v) is 29.9. The molecule has 250 valence electrons. The lowest BCUT2D eigenvalue weighted by atomic mass is 9.90. The number of aliphatic hydroxyl groups excluding tert-OH is 1. The molecule has 10 nitrogen and oxygen atoms in total. The van der Waals surface area contributed by atoms with Crippen LogP contribution in [-0.2, 0) is 0 Å². The van der Waals surface area contributed by atoms with Gasteiger partial charge in [0.15, 0.2) is 11.6 Å². The number of rotatable bonds is 5. The highest BCUT2D eigenvalue weighted by Gasteiger charge is 2.27. The van der Waals surface area contributed by atoms with Gasteiger partial charge < -0.3 is 10.8 Å². The van der Waals surface area contributed by atoms with E-state index in [0.717, 1.165) is 38.9 Å². The average molecular weight is 636 g/mol. The Hall–Kier alpha value is -4.44. The van der Waals surface area contributed by atoms with E-state index in [1.807, 2.05) is 62.3 Å². The predicted octanol–water partition coefficient (Wildman–Crippen LogP) is 8.62. The van der Waals surface area contributed by atoms with E-state index in [9.17, 15) is 34.9 Å². The van der Waals surface area contributed by atoms with Gasteiger partial charge in [-0.05, 0) is 159 Å². The van der Waals surface area contributed by atoms with Crippen molar-refractivity contribution < 1.29 is 24.5 Å². The lowest BCUT2D eigenvalue weighted by Crippen LogP contribution is -2.08. The molecule has 0 saturated carbocycles. The van der Waals surface area contributed by atoms with E-state index in [0.29, 0.717) is 33.5 Å². The number of nitrogens with zero attached hydrogens (tertiary/aromatic N) is 2. The zero-order chi connectivity index (χ0) is 36.3. The third kappa shape index (κ3) is 7.67. The van der Waals surface area contributed by atoms with Gasteiger partial charge in [-0.1, -0.05) is 0 Å². The van der Waals surface area contributed by atoms with Crippen LogP contribution in [0.5, 0.6) is 0 Å². The molecular formula is C36H49N3O7. The van der Waals surface area contributed by atoms with Crippen LogP contribution >= 0.6 is 0 Å². The van der Waals surface area contributed by atoms with Crippen molar-refractivity contribution in [3.63, 3.8) is 0 Å². The van der Waals surface area contributed by atoms with Crippen LogP contribution in [-0.4, -0.2) is 26.5 Å². The SMILES string of the molecule is CC(=O)c1c(C)c(C)c(C)c(C)c1N.CC(=O)c1c(C)c(C)c(C)c(C)c1[N+](=O)[O-].Cc1c(C)c(C)c([N+](=O)[O-])c(C(C)O)c1C. The number of nitro groups is 2. The normalized spacial score (nSPS) is 11.1. The molecule has 0 aliphatic rings. The maximum Gasteiger partial charge on any atom is 0.283 e. The first kappa shape index (κ1) is 39.6. The summed E-state index contributed by atoms with van der Waals surface area (Å²) in [7, 11) is 0. The second kappa shape index (κ2) is 15.2. The molecule has 0 spiro atoms. The molecule has 1 unspecified atom stereocenters. The van der Waals surface area contributed by atoms with Gasteiger partial charge in [0.05, 0.1) is 27.1 Å². The van der Waals surface area contributed by atoms with Crippen molar-refractivity contribution >= 4 is 28.6 Å². The summed E-state index contributed by atoms with van der Waals surface area (Å²) in [6.07, 6.45) is -0.821. The summed E-state index contributed by atoms with van der Waals surface area (Å²) < 4.78 is 0. The number of nitrogen functional groups attached to an aromatic ring is 1. The Bertz CT molecular complexity index is 1680. The summed E-state index contributed by atoms with van der Waals surface area (Å²) >= 11 is 0. The Morgan fingerprint density at radius 1 is 0.543 bits per heavy atom. The Morgan fingerprint density at radius 3 is 1.20 bits per heavy atom. The molecule has 0 heterocycles. The minimum Gasteiger partial charge on any atom is -0.398 e. The van der Waals surface area contributed by atoms with Crippen LogP contribution in [0.3, 0.4) is 0 Å². The lowest BCUT2D eigenvalue weighted by Gasteiger charge is -2.16. The number of carbonyl (C=O) groups is 2. The molecule has 46 heavy (non-hydrogen) atoms. The van der Waals surface area contributed by atoms with Gasteiger partial charge in [0.2, 0.25) is 0 Å². The van der Waals surface area contributed by atoms with Gasteiger partial charge in [-0.3, -0.25) is 29.8 Å². The van der Waals surface area contributed by atoms with Crippen molar-refractivity contribution in [2.45, 2.75) is 110 Å². The summed E-state index contributed by atoms with van der Waals surface area (Å²) in [5.41, 5.74) is 18.8. The highest BCUT2D eigenvalue weighted by Crippen LogP contribution is 2.36. The zero-order valence-electron chi connectivity index (χ0n) is 29.9. The van der Waals surface area contributed by atoms with Crippen LogP contribution < -0.4 is 5.73 Å². The molecule has 0 fully saturated rings.